The lowest BCUT2D eigenvalue weighted by atomic mass is 9.51. The molecule has 144 valence electrons. The van der Waals surface area contributed by atoms with Crippen LogP contribution in [-0.2, 0) is 15.2 Å². The largest absolute Gasteiger partial charge is 0.481 e. The normalized spacial score (nSPS) is 26.3. The van der Waals surface area contributed by atoms with E-state index in [-0.39, 0.29) is 0 Å². The highest BCUT2D eigenvalue weighted by Gasteiger charge is 2.63. The minimum Gasteiger partial charge on any atom is -0.481 e. The van der Waals surface area contributed by atoms with Gasteiger partial charge in [-0.1, -0.05) is 66.7 Å². The van der Waals surface area contributed by atoms with E-state index in [1.165, 1.54) is 0 Å². The Bertz CT molecular complexity index is 1080. The summed E-state index contributed by atoms with van der Waals surface area (Å²) < 4.78 is 0. The molecule has 0 saturated carbocycles. The maximum atomic E-state index is 13.3. The van der Waals surface area contributed by atoms with Gasteiger partial charge in [0.1, 0.15) is 11.5 Å². The lowest BCUT2D eigenvalue weighted by Gasteiger charge is -2.53. The predicted octanol–water partition coefficient (Wildman–Crippen LogP) is 3.34. The summed E-state index contributed by atoms with van der Waals surface area (Å²) in [5, 5.41) is 24.8. The second-order valence-corrected chi connectivity index (χ2v) is 7.62. The molecule has 5 nitrogen and oxygen atoms in total. The van der Waals surface area contributed by atoms with Crippen molar-refractivity contribution in [3.8, 4) is 0 Å². The Morgan fingerprint density at radius 3 is 1.86 bits per heavy atom. The number of nitrogens with one attached hydrogen (secondary N) is 1. The van der Waals surface area contributed by atoms with Gasteiger partial charge >= 0.3 is 5.97 Å². The van der Waals surface area contributed by atoms with E-state index in [2.05, 4.69) is 5.32 Å². The minimum absolute atomic E-state index is 0.406. The molecule has 2 atom stereocenters. The van der Waals surface area contributed by atoms with Gasteiger partial charge in [0.2, 0.25) is 5.91 Å². The molecule has 3 N–H and O–H groups in total. The van der Waals surface area contributed by atoms with Crippen molar-refractivity contribution in [2.24, 2.45) is 11.8 Å². The van der Waals surface area contributed by atoms with E-state index in [0.29, 0.717) is 16.8 Å². The summed E-state index contributed by atoms with van der Waals surface area (Å²) in [5.41, 5.74) is 1.57. The molecule has 1 amide bonds. The Morgan fingerprint density at radius 1 is 0.793 bits per heavy atom. The van der Waals surface area contributed by atoms with Crippen molar-refractivity contribution in [2.75, 3.05) is 5.32 Å². The molecule has 2 unspecified atom stereocenters. The van der Waals surface area contributed by atoms with Gasteiger partial charge in [-0.25, -0.2) is 0 Å². The molecular formula is C24H19NO4. The maximum absolute atomic E-state index is 13.3. The molecule has 2 bridgehead atoms. The number of aliphatic hydroxyl groups is 1. The number of aliphatic carboxylic acids is 1. The van der Waals surface area contributed by atoms with Crippen LogP contribution < -0.4 is 5.32 Å². The highest BCUT2D eigenvalue weighted by Crippen LogP contribution is 2.60. The quantitative estimate of drug-likeness (QED) is 0.645. The number of fused-ring (bicyclic) bond motifs is 1. The highest BCUT2D eigenvalue weighted by atomic mass is 16.4. The number of carbonyl (C=O) groups excluding carboxylic acids is 1. The summed E-state index contributed by atoms with van der Waals surface area (Å²) in [7, 11) is 0. The number of para-hydroxylation sites is 1. The van der Waals surface area contributed by atoms with Crippen molar-refractivity contribution in [3.63, 3.8) is 0 Å². The van der Waals surface area contributed by atoms with Crippen molar-refractivity contribution < 1.29 is 19.8 Å². The van der Waals surface area contributed by atoms with E-state index in [0.717, 1.165) is 11.1 Å². The zero-order chi connectivity index (χ0) is 20.2. The first-order chi connectivity index (χ1) is 14.0. The van der Waals surface area contributed by atoms with Gasteiger partial charge in [0.05, 0.1) is 5.92 Å². The highest BCUT2D eigenvalue weighted by molar-refractivity contribution is 5.98. The molecule has 0 aliphatic heterocycles. The SMILES string of the molecule is O=C(Nc1ccccc1)C1C2c3ccccc3C(O)(c3ccccc32)C1C(=O)O. The van der Waals surface area contributed by atoms with Gasteiger partial charge in [0.25, 0.3) is 0 Å². The lowest BCUT2D eigenvalue weighted by Crippen LogP contribution is -2.58. The van der Waals surface area contributed by atoms with E-state index >= 15 is 0 Å². The van der Waals surface area contributed by atoms with Gasteiger partial charge in [-0.05, 0) is 34.4 Å². The number of hydrogen-bond acceptors (Lipinski definition) is 3. The lowest BCUT2D eigenvalue weighted by molar-refractivity contribution is -0.161. The molecule has 0 spiro atoms. The van der Waals surface area contributed by atoms with Crippen molar-refractivity contribution in [3.05, 3.63) is 101 Å². The van der Waals surface area contributed by atoms with Gasteiger partial charge in [-0.3, -0.25) is 9.59 Å². The van der Waals surface area contributed by atoms with Crippen molar-refractivity contribution >= 4 is 17.6 Å². The average Bonchev–Trinajstić information content (AvgIpc) is 2.74. The van der Waals surface area contributed by atoms with Crippen LogP contribution in [0, 0.1) is 11.8 Å². The number of carbonyl (C=O) groups is 2. The van der Waals surface area contributed by atoms with Crippen LogP contribution in [0.25, 0.3) is 0 Å². The summed E-state index contributed by atoms with van der Waals surface area (Å²) in [4.78, 5) is 25.7. The van der Waals surface area contributed by atoms with E-state index < -0.39 is 35.2 Å². The first-order valence-electron chi connectivity index (χ1n) is 9.53. The molecule has 3 aromatic rings. The molecule has 0 fully saturated rings. The molecule has 3 aliphatic carbocycles. The number of amides is 1. The fraction of sp³-hybridized carbons (Fsp3) is 0.167. The number of rotatable bonds is 3. The third kappa shape index (κ3) is 2.37. The Hall–Kier alpha value is -3.44. The molecule has 0 heterocycles. The number of carboxylic acid groups (broad SMARTS) is 1. The number of benzene rings is 3. The molecule has 3 aromatic carbocycles. The smallest absolute Gasteiger partial charge is 0.311 e. The first-order valence-corrected chi connectivity index (χ1v) is 9.53. The van der Waals surface area contributed by atoms with Gasteiger partial charge in [0, 0.05) is 11.6 Å². The second kappa shape index (κ2) is 6.29. The van der Waals surface area contributed by atoms with E-state index in [1.54, 1.807) is 48.5 Å². The monoisotopic (exact) mass is 385 g/mol. The molecule has 29 heavy (non-hydrogen) atoms. The predicted molar refractivity (Wildman–Crippen MR) is 107 cm³/mol. The number of hydrogen-bond donors (Lipinski definition) is 3. The van der Waals surface area contributed by atoms with Crippen LogP contribution in [0.4, 0.5) is 5.69 Å². The average molecular weight is 385 g/mol. The van der Waals surface area contributed by atoms with Crippen LogP contribution in [0.5, 0.6) is 0 Å². The summed E-state index contributed by atoms with van der Waals surface area (Å²) in [6.07, 6.45) is 0. The summed E-state index contributed by atoms with van der Waals surface area (Å²) >= 11 is 0. The van der Waals surface area contributed by atoms with Crippen LogP contribution >= 0.6 is 0 Å². The maximum Gasteiger partial charge on any atom is 0.311 e. The topological polar surface area (TPSA) is 86.6 Å². The van der Waals surface area contributed by atoms with Crippen LogP contribution in [0.1, 0.15) is 28.2 Å². The third-order valence-electron chi connectivity index (χ3n) is 6.19. The molecular weight excluding hydrogens is 366 g/mol. The van der Waals surface area contributed by atoms with Crippen molar-refractivity contribution in [1.29, 1.82) is 0 Å². The van der Waals surface area contributed by atoms with Crippen molar-refractivity contribution in [2.45, 2.75) is 11.5 Å². The number of carboxylic acids is 1. The fourth-order valence-electron chi connectivity index (χ4n) is 5.10. The Labute approximate surface area is 167 Å². The first kappa shape index (κ1) is 17.6. The minimum atomic E-state index is -1.77. The van der Waals surface area contributed by atoms with E-state index in [9.17, 15) is 19.8 Å². The molecule has 6 rings (SSSR count). The fourth-order valence-corrected chi connectivity index (χ4v) is 5.10. The Kier molecular flexibility index (Phi) is 3.83. The van der Waals surface area contributed by atoms with Crippen LogP contribution in [-0.4, -0.2) is 22.1 Å². The Morgan fingerprint density at radius 2 is 1.31 bits per heavy atom. The van der Waals surface area contributed by atoms with Gasteiger partial charge in [-0.15, -0.1) is 0 Å². The van der Waals surface area contributed by atoms with Crippen LogP contribution in [0.3, 0.4) is 0 Å². The molecule has 0 radical (unpaired) electrons. The summed E-state index contributed by atoms with van der Waals surface area (Å²) in [6.45, 7) is 0. The van der Waals surface area contributed by atoms with Gasteiger partial charge in [0.15, 0.2) is 0 Å². The summed E-state index contributed by atoms with van der Waals surface area (Å²) in [5.74, 6) is -4.27. The molecule has 0 saturated heterocycles. The van der Waals surface area contributed by atoms with Gasteiger partial charge in [-0.2, -0.15) is 0 Å². The molecule has 3 aliphatic rings. The number of anilines is 1. The zero-order valence-electron chi connectivity index (χ0n) is 15.4. The zero-order valence-corrected chi connectivity index (χ0v) is 15.4. The van der Waals surface area contributed by atoms with Crippen molar-refractivity contribution in [1.82, 2.24) is 0 Å². The van der Waals surface area contributed by atoms with Crippen LogP contribution in [0.15, 0.2) is 78.9 Å². The van der Waals surface area contributed by atoms with Crippen LogP contribution in [0.2, 0.25) is 0 Å². The second-order valence-electron chi connectivity index (χ2n) is 7.62. The van der Waals surface area contributed by atoms with E-state index in [4.69, 9.17) is 0 Å². The molecule has 0 aromatic heterocycles. The standard InChI is InChI=1S/C24H19NO4/c26-22(25-14-8-2-1-3-9-14)20-19-15-10-4-6-12-17(15)24(29,21(20)23(27)28)18-13-7-5-11-16(18)19/h1-13,19-21,29H,(H,25,26)(H,27,28). The Balaban J connectivity index is 1.72. The van der Waals surface area contributed by atoms with E-state index in [1.807, 2.05) is 30.3 Å². The molecule has 5 heteroatoms. The third-order valence-corrected chi connectivity index (χ3v) is 6.19. The van der Waals surface area contributed by atoms with Gasteiger partial charge < -0.3 is 15.5 Å². The summed E-state index contributed by atoms with van der Waals surface area (Å²) in [6, 6.07) is 23.5.